The number of nitrogens with zero attached hydrogens (tertiary/aromatic N) is 1. The average molecular weight is 265 g/mol. The number of rotatable bonds is 5. The van der Waals surface area contributed by atoms with Crippen molar-refractivity contribution < 1.29 is 14.6 Å². The van der Waals surface area contributed by atoms with Crippen molar-refractivity contribution in [3.63, 3.8) is 0 Å². The van der Waals surface area contributed by atoms with Crippen molar-refractivity contribution in [1.29, 1.82) is 0 Å². The van der Waals surface area contributed by atoms with Crippen LogP contribution in [0.5, 0.6) is 5.75 Å². The highest BCUT2D eigenvalue weighted by Crippen LogP contribution is 2.36. The number of benzene rings is 1. The maximum atomic E-state index is 10.9. The first-order valence-electron chi connectivity index (χ1n) is 6.78. The summed E-state index contributed by atoms with van der Waals surface area (Å²) in [5.74, 6) is 0.761. The van der Waals surface area contributed by atoms with E-state index < -0.39 is 5.60 Å². The summed E-state index contributed by atoms with van der Waals surface area (Å²) >= 11 is 0. The van der Waals surface area contributed by atoms with E-state index in [2.05, 4.69) is 4.90 Å². The second-order valence-corrected chi connectivity index (χ2v) is 5.21. The van der Waals surface area contributed by atoms with Crippen LogP contribution in [-0.2, 0) is 10.3 Å². The maximum Gasteiger partial charge on any atom is 0.125 e. The minimum absolute atomic E-state index is 0.499. The molecule has 1 aromatic carbocycles. The Hall–Kier alpha value is -1.10. The molecular weight excluding hydrogens is 242 g/mol. The number of likely N-dealkylation sites (tertiary alicyclic amines) is 1. The first-order chi connectivity index (χ1) is 9.15. The number of β-amino-alcohol motifs (C(OH)–C–C–N with tert-alkyl or cyclic N) is 1. The number of piperidine rings is 1. The van der Waals surface area contributed by atoms with Gasteiger partial charge in [0.15, 0.2) is 0 Å². The van der Waals surface area contributed by atoms with Crippen LogP contribution in [0.15, 0.2) is 24.3 Å². The third kappa shape index (κ3) is 3.47. The van der Waals surface area contributed by atoms with Crippen LogP contribution < -0.4 is 4.74 Å². The zero-order chi connectivity index (χ0) is 13.7. The molecule has 4 heteroatoms. The second-order valence-electron chi connectivity index (χ2n) is 5.21. The maximum absolute atomic E-state index is 10.9. The highest BCUT2D eigenvalue weighted by Gasteiger charge is 2.35. The third-order valence-corrected chi connectivity index (χ3v) is 3.60. The van der Waals surface area contributed by atoms with Crippen LogP contribution in [0.3, 0.4) is 0 Å². The highest BCUT2D eigenvalue weighted by atomic mass is 16.5. The number of likely N-dealkylation sites (N-methyl/N-ethyl adjacent to an activating group) is 1. The summed E-state index contributed by atoms with van der Waals surface area (Å²) in [6.07, 6.45) is 1.78. The zero-order valence-electron chi connectivity index (χ0n) is 11.8. The van der Waals surface area contributed by atoms with E-state index in [-0.39, 0.29) is 0 Å². The van der Waals surface area contributed by atoms with Gasteiger partial charge in [0.2, 0.25) is 0 Å². The summed E-state index contributed by atoms with van der Waals surface area (Å²) in [5, 5.41) is 10.9. The Morgan fingerprint density at radius 1 is 1.32 bits per heavy atom. The lowest BCUT2D eigenvalue weighted by molar-refractivity contribution is -0.0299. The topological polar surface area (TPSA) is 41.9 Å². The Labute approximate surface area is 114 Å². The fraction of sp³-hybridized carbons (Fsp3) is 0.600. The molecule has 1 saturated heterocycles. The van der Waals surface area contributed by atoms with Crippen molar-refractivity contribution in [3.8, 4) is 5.75 Å². The normalized spacial score (nSPS) is 24.4. The molecule has 0 saturated carbocycles. The van der Waals surface area contributed by atoms with Crippen molar-refractivity contribution in [2.24, 2.45) is 0 Å². The molecule has 0 amide bonds. The monoisotopic (exact) mass is 265 g/mol. The van der Waals surface area contributed by atoms with E-state index in [1.165, 1.54) is 0 Å². The van der Waals surface area contributed by atoms with E-state index in [4.69, 9.17) is 9.47 Å². The van der Waals surface area contributed by atoms with E-state index in [9.17, 15) is 5.11 Å². The van der Waals surface area contributed by atoms with Gasteiger partial charge in [0.1, 0.15) is 18.0 Å². The Morgan fingerprint density at radius 2 is 2.11 bits per heavy atom. The van der Waals surface area contributed by atoms with Crippen molar-refractivity contribution in [2.45, 2.75) is 18.4 Å². The Kier molecular flexibility index (Phi) is 4.80. The lowest BCUT2D eigenvalue weighted by Gasteiger charge is -2.38. The summed E-state index contributed by atoms with van der Waals surface area (Å²) in [6.45, 7) is 2.73. The molecule has 1 aliphatic rings. The number of methoxy groups -OCH3 is 1. The third-order valence-electron chi connectivity index (χ3n) is 3.60. The van der Waals surface area contributed by atoms with Gasteiger partial charge in [-0.2, -0.15) is 0 Å². The standard InChI is InChI=1S/C15H23NO3/c1-16-9-5-8-15(17,12-16)13-6-3-4-7-14(13)19-11-10-18-2/h3-4,6-7,17H,5,8-12H2,1-2H3. The zero-order valence-corrected chi connectivity index (χ0v) is 11.8. The minimum Gasteiger partial charge on any atom is -0.491 e. The highest BCUT2D eigenvalue weighted by molar-refractivity contribution is 5.38. The molecule has 0 aromatic heterocycles. The van der Waals surface area contributed by atoms with E-state index in [1.54, 1.807) is 7.11 Å². The molecule has 2 rings (SSSR count). The van der Waals surface area contributed by atoms with Crippen molar-refractivity contribution in [3.05, 3.63) is 29.8 Å². The van der Waals surface area contributed by atoms with Crippen molar-refractivity contribution in [1.82, 2.24) is 4.90 Å². The first-order valence-corrected chi connectivity index (χ1v) is 6.78. The largest absolute Gasteiger partial charge is 0.491 e. The van der Waals surface area contributed by atoms with Crippen LogP contribution in [0.1, 0.15) is 18.4 Å². The molecule has 0 spiro atoms. The molecule has 1 aliphatic heterocycles. The number of hydrogen-bond acceptors (Lipinski definition) is 4. The Bertz CT molecular complexity index is 410. The second kappa shape index (κ2) is 6.37. The molecule has 1 aromatic rings. The summed E-state index contributed by atoms with van der Waals surface area (Å²) < 4.78 is 10.7. The lowest BCUT2D eigenvalue weighted by atomic mass is 9.85. The van der Waals surface area contributed by atoms with Gasteiger partial charge in [-0.15, -0.1) is 0 Å². The molecule has 1 fully saturated rings. The van der Waals surface area contributed by atoms with E-state index >= 15 is 0 Å². The predicted molar refractivity (Wildman–Crippen MR) is 74.4 cm³/mol. The smallest absolute Gasteiger partial charge is 0.125 e. The predicted octanol–water partition coefficient (Wildman–Crippen LogP) is 1.63. The molecule has 1 atom stereocenters. The van der Waals surface area contributed by atoms with Gasteiger partial charge >= 0.3 is 0 Å². The Balaban J connectivity index is 2.18. The molecule has 1 unspecified atom stereocenters. The summed E-state index contributed by atoms with van der Waals surface area (Å²) in [7, 11) is 3.69. The molecule has 106 valence electrons. The molecule has 1 N–H and O–H groups in total. The number of ether oxygens (including phenoxy) is 2. The number of hydrogen-bond donors (Lipinski definition) is 1. The molecule has 19 heavy (non-hydrogen) atoms. The number of aliphatic hydroxyl groups is 1. The van der Waals surface area contributed by atoms with Crippen LogP contribution in [-0.4, -0.2) is 50.5 Å². The molecule has 4 nitrogen and oxygen atoms in total. The fourth-order valence-electron chi connectivity index (χ4n) is 2.68. The van der Waals surface area contributed by atoms with Crippen LogP contribution in [0.4, 0.5) is 0 Å². The lowest BCUT2D eigenvalue weighted by Crippen LogP contribution is -2.44. The van der Waals surface area contributed by atoms with Crippen LogP contribution in [0.2, 0.25) is 0 Å². The molecular formula is C15H23NO3. The number of para-hydroxylation sites is 1. The molecule has 0 bridgehead atoms. The van der Waals surface area contributed by atoms with Crippen LogP contribution >= 0.6 is 0 Å². The van der Waals surface area contributed by atoms with Gasteiger partial charge in [0, 0.05) is 19.2 Å². The van der Waals surface area contributed by atoms with Gasteiger partial charge in [-0.1, -0.05) is 18.2 Å². The average Bonchev–Trinajstić information content (AvgIpc) is 2.39. The molecule has 1 heterocycles. The quantitative estimate of drug-likeness (QED) is 0.822. The summed E-state index contributed by atoms with van der Waals surface area (Å²) in [6, 6.07) is 7.76. The van der Waals surface area contributed by atoms with Gasteiger partial charge in [-0.25, -0.2) is 0 Å². The van der Waals surface area contributed by atoms with E-state index in [0.29, 0.717) is 19.8 Å². The summed E-state index contributed by atoms with van der Waals surface area (Å²) in [4.78, 5) is 2.16. The van der Waals surface area contributed by atoms with Crippen LogP contribution in [0.25, 0.3) is 0 Å². The van der Waals surface area contributed by atoms with Gasteiger partial charge in [-0.05, 0) is 32.5 Å². The van der Waals surface area contributed by atoms with Crippen molar-refractivity contribution >= 4 is 0 Å². The van der Waals surface area contributed by atoms with Gasteiger partial charge in [0.25, 0.3) is 0 Å². The van der Waals surface area contributed by atoms with Gasteiger partial charge in [-0.3, -0.25) is 0 Å². The molecule has 0 radical (unpaired) electrons. The Morgan fingerprint density at radius 3 is 2.84 bits per heavy atom. The fourth-order valence-corrected chi connectivity index (χ4v) is 2.68. The summed E-state index contributed by atoms with van der Waals surface area (Å²) in [5.41, 5.74) is 0.0779. The van der Waals surface area contributed by atoms with Gasteiger partial charge < -0.3 is 19.5 Å². The first kappa shape index (κ1) is 14.3. The van der Waals surface area contributed by atoms with Gasteiger partial charge in [0.05, 0.1) is 6.61 Å². The SMILES string of the molecule is COCCOc1ccccc1C1(O)CCCN(C)C1. The van der Waals surface area contributed by atoms with Crippen molar-refractivity contribution in [2.75, 3.05) is 40.5 Å². The van der Waals surface area contributed by atoms with E-state index in [0.717, 1.165) is 30.7 Å². The van der Waals surface area contributed by atoms with Crippen LogP contribution in [0, 0.1) is 0 Å². The minimum atomic E-state index is -0.809. The molecule has 0 aliphatic carbocycles. The van der Waals surface area contributed by atoms with E-state index in [1.807, 2.05) is 31.3 Å².